The molecule has 1 aromatic carbocycles. The molecule has 1 heterocycles. The summed E-state index contributed by atoms with van der Waals surface area (Å²) in [5, 5.41) is 11.2. The van der Waals surface area contributed by atoms with E-state index in [0.29, 0.717) is 12.2 Å². The molecule has 2 rings (SSSR count). The van der Waals surface area contributed by atoms with Gasteiger partial charge < -0.3 is 9.52 Å². The Labute approximate surface area is 89.5 Å². The number of para-hydroxylation sites is 1. The smallest absolute Gasteiger partial charge is 0.136 e. The summed E-state index contributed by atoms with van der Waals surface area (Å²) in [6, 6.07) is 9.73. The molecule has 1 unspecified atom stereocenters. The number of furan rings is 1. The van der Waals surface area contributed by atoms with Crippen LogP contribution >= 0.6 is 0 Å². The quantitative estimate of drug-likeness (QED) is 0.830. The second-order valence-corrected chi connectivity index (χ2v) is 4.17. The van der Waals surface area contributed by atoms with Crippen molar-refractivity contribution >= 4 is 11.0 Å². The van der Waals surface area contributed by atoms with Crippen LogP contribution < -0.4 is 0 Å². The molecule has 0 radical (unpaired) electrons. The Morgan fingerprint density at radius 1 is 1.33 bits per heavy atom. The van der Waals surface area contributed by atoms with E-state index in [9.17, 15) is 5.11 Å². The van der Waals surface area contributed by atoms with Crippen LogP contribution in [0, 0.1) is 0 Å². The summed E-state index contributed by atoms with van der Waals surface area (Å²) < 4.78 is 5.64. The van der Waals surface area contributed by atoms with Gasteiger partial charge in [0.15, 0.2) is 0 Å². The van der Waals surface area contributed by atoms with E-state index in [2.05, 4.69) is 6.92 Å². The van der Waals surface area contributed by atoms with Gasteiger partial charge in [-0.25, -0.2) is 0 Å². The minimum atomic E-state index is -0.853. The Morgan fingerprint density at radius 3 is 2.73 bits per heavy atom. The number of hydrogen-bond donors (Lipinski definition) is 1. The Morgan fingerprint density at radius 2 is 2.07 bits per heavy atom. The van der Waals surface area contributed by atoms with E-state index in [1.165, 1.54) is 0 Å². The van der Waals surface area contributed by atoms with Crippen LogP contribution in [0.15, 0.2) is 34.7 Å². The van der Waals surface area contributed by atoms with Crippen LogP contribution in [-0.4, -0.2) is 5.11 Å². The Hall–Kier alpha value is -1.28. The number of aliphatic hydroxyl groups is 1. The van der Waals surface area contributed by atoms with Gasteiger partial charge in [-0.2, -0.15) is 0 Å². The molecule has 0 aliphatic rings. The molecule has 1 N–H and O–H groups in total. The fourth-order valence-corrected chi connectivity index (χ4v) is 1.86. The lowest BCUT2D eigenvalue weighted by Gasteiger charge is -2.19. The zero-order valence-electron chi connectivity index (χ0n) is 9.16. The van der Waals surface area contributed by atoms with Crippen LogP contribution in [0.25, 0.3) is 11.0 Å². The molecule has 15 heavy (non-hydrogen) atoms. The molecule has 0 aliphatic carbocycles. The highest BCUT2D eigenvalue weighted by Gasteiger charge is 2.25. The standard InChI is InChI=1S/C13H16O2/c1-3-8-13(2,14)12-9-10-6-4-5-7-11(10)15-12/h4-7,9,14H,3,8H2,1-2H3. The summed E-state index contributed by atoms with van der Waals surface area (Å²) in [7, 11) is 0. The highest BCUT2D eigenvalue weighted by atomic mass is 16.4. The minimum Gasteiger partial charge on any atom is -0.458 e. The Bertz CT molecular complexity index is 421. The maximum atomic E-state index is 10.2. The molecule has 0 saturated carbocycles. The average molecular weight is 204 g/mol. The first kappa shape index (κ1) is 10.2. The van der Waals surface area contributed by atoms with Gasteiger partial charge in [0.05, 0.1) is 0 Å². The second kappa shape index (κ2) is 3.70. The van der Waals surface area contributed by atoms with E-state index >= 15 is 0 Å². The normalized spacial score (nSPS) is 15.4. The number of rotatable bonds is 3. The van der Waals surface area contributed by atoms with Crippen molar-refractivity contribution in [3.8, 4) is 0 Å². The fourth-order valence-electron chi connectivity index (χ4n) is 1.86. The summed E-state index contributed by atoms with van der Waals surface area (Å²) in [4.78, 5) is 0. The summed E-state index contributed by atoms with van der Waals surface area (Å²) in [6.45, 7) is 3.85. The number of fused-ring (bicyclic) bond motifs is 1. The second-order valence-electron chi connectivity index (χ2n) is 4.17. The van der Waals surface area contributed by atoms with E-state index in [1.807, 2.05) is 30.3 Å². The molecule has 1 aromatic heterocycles. The van der Waals surface area contributed by atoms with Gasteiger partial charge in [-0.15, -0.1) is 0 Å². The maximum Gasteiger partial charge on any atom is 0.136 e. The summed E-state index contributed by atoms with van der Waals surface area (Å²) in [5.41, 5.74) is -0.0165. The molecule has 0 bridgehead atoms. The third-order valence-electron chi connectivity index (χ3n) is 2.69. The van der Waals surface area contributed by atoms with Gasteiger partial charge >= 0.3 is 0 Å². The van der Waals surface area contributed by atoms with Gasteiger partial charge in [0, 0.05) is 5.39 Å². The van der Waals surface area contributed by atoms with Crippen molar-refractivity contribution in [2.45, 2.75) is 32.3 Å². The first-order valence-corrected chi connectivity index (χ1v) is 5.35. The fraction of sp³-hybridized carbons (Fsp3) is 0.385. The van der Waals surface area contributed by atoms with Gasteiger partial charge in [0.1, 0.15) is 16.9 Å². The van der Waals surface area contributed by atoms with Crippen LogP contribution in [0.2, 0.25) is 0 Å². The van der Waals surface area contributed by atoms with Gasteiger partial charge in [0.25, 0.3) is 0 Å². The first-order chi connectivity index (χ1) is 7.13. The van der Waals surface area contributed by atoms with Crippen molar-refractivity contribution in [1.29, 1.82) is 0 Å². The van der Waals surface area contributed by atoms with Crippen molar-refractivity contribution in [1.82, 2.24) is 0 Å². The van der Waals surface area contributed by atoms with E-state index in [-0.39, 0.29) is 0 Å². The molecule has 0 amide bonds. The monoisotopic (exact) mass is 204 g/mol. The van der Waals surface area contributed by atoms with Crippen LogP contribution in [0.3, 0.4) is 0 Å². The highest BCUT2D eigenvalue weighted by Crippen LogP contribution is 2.30. The third-order valence-corrected chi connectivity index (χ3v) is 2.69. The van der Waals surface area contributed by atoms with Crippen LogP contribution in [0.1, 0.15) is 32.4 Å². The molecule has 80 valence electrons. The molecular weight excluding hydrogens is 188 g/mol. The number of benzene rings is 1. The van der Waals surface area contributed by atoms with Crippen LogP contribution in [-0.2, 0) is 5.60 Å². The Balaban J connectivity index is 2.44. The zero-order valence-corrected chi connectivity index (χ0v) is 9.16. The highest BCUT2D eigenvalue weighted by molar-refractivity contribution is 5.77. The summed E-state index contributed by atoms with van der Waals surface area (Å²) >= 11 is 0. The Kier molecular flexibility index (Phi) is 2.53. The van der Waals surface area contributed by atoms with E-state index in [1.54, 1.807) is 6.92 Å². The molecule has 1 atom stereocenters. The van der Waals surface area contributed by atoms with Crippen molar-refractivity contribution in [2.24, 2.45) is 0 Å². The molecule has 0 fully saturated rings. The van der Waals surface area contributed by atoms with Crippen LogP contribution in [0.5, 0.6) is 0 Å². The maximum absolute atomic E-state index is 10.2. The predicted octanol–water partition coefficient (Wildman–Crippen LogP) is 3.44. The molecule has 2 heteroatoms. The molecule has 0 spiro atoms. The molecule has 2 nitrogen and oxygen atoms in total. The summed E-state index contributed by atoms with van der Waals surface area (Å²) in [6.07, 6.45) is 1.65. The first-order valence-electron chi connectivity index (χ1n) is 5.35. The lowest BCUT2D eigenvalue weighted by atomic mass is 9.97. The van der Waals surface area contributed by atoms with Gasteiger partial charge in [-0.05, 0) is 25.5 Å². The van der Waals surface area contributed by atoms with Crippen LogP contribution in [0.4, 0.5) is 0 Å². The topological polar surface area (TPSA) is 33.4 Å². The number of hydrogen-bond acceptors (Lipinski definition) is 2. The molecule has 0 aliphatic heterocycles. The van der Waals surface area contributed by atoms with Gasteiger partial charge in [0.2, 0.25) is 0 Å². The largest absolute Gasteiger partial charge is 0.458 e. The van der Waals surface area contributed by atoms with E-state index in [4.69, 9.17) is 4.42 Å². The lowest BCUT2D eigenvalue weighted by Crippen LogP contribution is -2.19. The van der Waals surface area contributed by atoms with E-state index < -0.39 is 5.60 Å². The van der Waals surface area contributed by atoms with E-state index in [0.717, 1.165) is 17.4 Å². The van der Waals surface area contributed by atoms with Crippen molar-refractivity contribution in [3.63, 3.8) is 0 Å². The van der Waals surface area contributed by atoms with Crippen molar-refractivity contribution in [2.75, 3.05) is 0 Å². The lowest BCUT2D eigenvalue weighted by molar-refractivity contribution is 0.0261. The average Bonchev–Trinajstić information content (AvgIpc) is 2.61. The van der Waals surface area contributed by atoms with Gasteiger partial charge in [-0.3, -0.25) is 0 Å². The minimum absolute atomic E-state index is 0.658. The molecular formula is C13H16O2. The van der Waals surface area contributed by atoms with Crippen molar-refractivity contribution < 1.29 is 9.52 Å². The van der Waals surface area contributed by atoms with Gasteiger partial charge in [-0.1, -0.05) is 31.5 Å². The zero-order chi connectivity index (χ0) is 10.9. The SMILES string of the molecule is CCCC(C)(O)c1cc2ccccc2o1. The summed E-state index contributed by atoms with van der Waals surface area (Å²) in [5.74, 6) is 0.658. The third kappa shape index (κ3) is 1.90. The predicted molar refractivity (Wildman–Crippen MR) is 60.7 cm³/mol. The molecule has 0 saturated heterocycles. The van der Waals surface area contributed by atoms with Crippen molar-refractivity contribution in [3.05, 3.63) is 36.1 Å². The molecule has 2 aromatic rings.